The van der Waals surface area contributed by atoms with Crippen molar-refractivity contribution in [2.24, 2.45) is 0 Å². The second kappa shape index (κ2) is 10.7. The van der Waals surface area contributed by atoms with E-state index in [9.17, 15) is 9.59 Å². The molecule has 4 aromatic rings. The molecule has 0 spiro atoms. The number of nitrogens with zero attached hydrogens (tertiary/aromatic N) is 2. The summed E-state index contributed by atoms with van der Waals surface area (Å²) in [4.78, 5) is 31.1. The van der Waals surface area contributed by atoms with Gasteiger partial charge in [-0.1, -0.05) is 35.9 Å². The molecule has 0 atom stereocenters. The number of furan rings is 1. The van der Waals surface area contributed by atoms with Gasteiger partial charge >= 0.3 is 0 Å². The lowest BCUT2D eigenvalue weighted by Gasteiger charge is -2.13. The number of carbonyl (C=O) groups excluding carboxylic acids is 2. The van der Waals surface area contributed by atoms with E-state index in [-0.39, 0.29) is 11.8 Å². The average molecular weight is 503 g/mol. The summed E-state index contributed by atoms with van der Waals surface area (Å²) in [5.41, 5.74) is 4.57. The first kappa shape index (κ1) is 25.0. The van der Waals surface area contributed by atoms with Gasteiger partial charge < -0.3 is 20.0 Å². The first-order valence-corrected chi connectivity index (χ1v) is 11.8. The molecule has 0 aliphatic heterocycles. The molecule has 7 nitrogen and oxygen atoms in total. The first-order valence-electron chi connectivity index (χ1n) is 11.4. The van der Waals surface area contributed by atoms with Crippen molar-refractivity contribution in [2.45, 2.75) is 20.4 Å². The van der Waals surface area contributed by atoms with Crippen molar-refractivity contribution in [2.75, 3.05) is 24.3 Å². The Balaban J connectivity index is 1.69. The average Bonchev–Trinajstić information content (AvgIpc) is 3.29. The summed E-state index contributed by atoms with van der Waals surface area (Å²) in [6.07, 6.45) is 1.65. The van der Waals surface area contributed by atoms with E-state index in [0.717, 1.165) is 16.8 Å². The summed E-state index contributed by atoms with van der Waals surface area (Å²) in [6, 6.07) is 18.6. The molecule has 2 aromatic heterocycles. The molecule has 2 heterocycles. The molecular weight excluding hydrogens is 476 g/mol. The molecule has 2 N–H and O–H groups in total. The molecule has 2 amide bonds. The van der Waals surface area contributed by atoms with Crippen molar-refractivity contribution in [3.8, 4) is 22.6 Å². The fourth-order valence-corrected chi connectivity index (χ4v) is 3.99. The Morgan fingerprint density at radius 1 is 1.03 bits per heavy atom. The predicted octanol–water partition coefficient (Wildman–Crippen LogP) is 5.92. The molecule has 0 radical (unpaired) electrons. The Hall–Kier alpha value is -4.10. The molecule has 8 heteroatoms. The SMILES string of the molecule is CC(=O)Nc1cc(-c2cc(C(=O)NCc3ccc(N(C)C)cc3)c(-c3ccccc3Cl)o2)c(C)cn1. The number of benzene rings is 2. The van der Waals surface area contributed by atoms with Gasteiger partial charge in [-0.2, -0.15) is 0 Å². The second-order valence-corrected chi connectivity index (χ2v) is 9.05. The van der Waals surface area contributed by atoms with Crippen LogP contribution in [-0.2, 0) is 11.3 Å². The number of aryl methyl sites for hydroxylation is 1. The van der Waals surface area contributed by atoms with Gasteiger partial charge in [0.25, 0.3) is 5.91 Å². The quantitative estimate of drug-likeness (QED) is 0.327. The molecule has 0 saturated carbocycles. The molecular formula is C28H27ClN4O3. The lowest BCUT2D eigenvalue weighted by molar-refractivity contribution is -0.114. The fraction of sp³-hybridized carbons (Fsp3) is 0.179. The standard InChI is InChI=1S/C28H27ClN4O3/c1-17-15-30-26(32-18(2)34)14-22(17)25-13-23(27(36-25)21-7-5-6-8-24(21)29)28(35)31-16-19-9-11-20(12-10-19)33(3)4/h5-15H,16H2,1-4H3,(H,31,35)(H,30,32,34). The van der Waals surface area contributed by atoms with Gasteiger partial charge in [0.2, 0.25) is 5.91 Å². The van der Waals surface area contributed by atoms with Gasteiger partial charge in [0.1, 0.15) is 17.3 Å². The molecule has 0 fully saturated rings. The number of hydrogen-bond acceptors (Lipinski definition) is 5. The third kappa shape index (κ3) is 5.58. The number of hydrogen-bond donors (Lipinski definition) is 2. The normalized spacial score (nSPS) is 10.7. The maximum Gasteiger partial charge on any atom is 0.255 e. The van der Waals surface area contributed by atoms with E-state index in [2.05, 4.69) is 15.6 Å². The van der Waals surface area contributed by atoms with Crippen molar-refractivity contribution < 1.29 is 14.0 Å². The molecule has 0 aliphatic rings. The molecule has 184 valence electrons. The van der Waals surface area contributed by atoms with E-state index < -0.39 is 0 Å². The number of aromatic nitrogens is 1. The van der Waals surface area contributed by atoms with Crippen LogP contribution in [0.25, 0.3) is 22.6 Å². The van der Waals surface area contributed by atoms with Gasteiger partial charge in [0, 0.05) is 50.6 Å². The Bertz CT molecular complexity index is 1410. The van der Waals surface area contributed by atoms with Crippen LogP contribution in [0.5, 0.6) is 0 Å². The van der Waals surface area contributed by atoms with E-state index in [1.165, 1.54) is 6.92 Å². The Morgan fingerprint density at radius 2 is 1.75 bits per heavy atom. The van der Waals surface area contributed by atoms with Crippen LogP contribution in [0, 0.1) is 6.92 Å². The van der Waals surface area contributed by atoms with Crippen molar-refractivity contribution >= 4 is 34.9 Å². The highest BCUT2D eigenvalue weighted by atomic mass is 35.5. The highest BCUT2D eigenvalue weighted by molar-refractivity contribution is 6.33. The van der Waals surface area contributed by atoms with Crippen LogP contribution in [0.4, 0.5) is 11.5 Å². The van der Waals surface area contributed by atoms with Gasteiger partial charge in [-0.3, -0.25) is 9.59 Å². The van der Waals surface area contributed by atoms with Gasteiger partial charge in [-0.05, 0) is 54.4 Å². The lowest BCUT2D eigenvalue weighted by Crippen LogP contribution is -2.23. The molecule has 4 rings (SSSR count). The molecule has 0 bridgehead atoms. The number of rotatable bonds is 7. The molecule has 2 aromatic carbocycles. The third-order valence-electron chi connectivity index (χ3n) is 5.67. The number of halogens is 1. The maximum absolute atomic E-state index is 13.3. The maximum atomic E-state index is 13.3. The van der Waals surface area contributed by atoms with Crippen molar-refractivity contribution in [3.63, 3.8) is 0 Å². The third-order valence-corrected chi connectivity index (χ3v) is 6.00. The topological polar surface area (TPSA) is 87.5 Å². The summed E-state index contributed by atoms with van der Waals surface area (Å²) in [6.45, 7) is 3.66. The van der Waals surface area contributed by atoms with Crippen LogP contribution in [0.1, 0.15) is 28.4 Å². The smallest absolute Gasteiger partial charge is 0.255 e. The summed E-state index contributed by atoms with van der Waals surface area (Å²) < 4.78 is 6.23. The number of nitrogens with one attached hydrogen (secondary N) is 2. The van der Waals surface area contributed by atoms with E-state index in [1.807, 2.05) is 68.4 Å². The number of carbonyl (C=O) groups is 2. The second-order valence-electron chi connectivity index (χ2n) is 8.64. The summed E-state index contributed by atoms with van der Waals surface area (Å²) in [5.74, 6) is 0.716. The zero-order chi connectivity index (χ0) is 25.8. The number of pyridine rings is 1. The van der Waals surface area contributed by atoms with Gasteiger partial charge in [-0.15, -0.1) is 0 Å². The highest BCUT2D eigenvalue weighted by Crippen LogP contribution is 2.37. The van der Waals surface area contributed by atoms with Gasteiger partial charge in [0.15, 0.2) is 0 Å². The van der Waals surface area contributed by atoms with Crippen molar-refractivity contribution in [1.29, 1.82) is 0 Å². The monoisotopic (exact) mass is 502 g/mol. The van der Waals surface area contributed by atoms with Crippen LogP contribution in [0.3, 0.4) is 0 Å². The van der Waals surface area contributed by atoms with Crippen LogP contribution in [0.15, 0.2) is 71.3 Å². The molecule has 36 heavy (non-hydrogen) atoms. The fourth-order valence-electron chi connectivity index (χ4n) is 3.77. The molecule has 0 unspecified atom stereocenters. The van der Waals surface area contributed by atoms with Crippen molar-refractivity contribution in [3.05, 3.63) is 88.6 Å². The lowest BCUT2D eigenvalue weighted by atomic mass is 10.1. The largest absolute Gasteiger partial charge is 0.455 e. The molecule has 0 aliphatic carbocycles. The zero-order valence-corrected chi connectivity index (χ0v) is 21.3. The highest BCUT2D eigenvalue weighted by Gasteiger charge is 2.23. The number of amides is 2. The summed E-state index contributed by atoms with van der Waals surface area (Å²) in [5, 5.41) is 6.14. The minimum Gasteiger partial charge on any atom is -0.455 e. The van der Waals surface area contributed by atoms with Gasteiger partial charge in [0.05, 0.1) is 10.6 Å². The van der Waals surface area contributed by atoms with Crippen LogP contribution in [-0.4, -0.2) is 30.9 Å². The first-order chi connectivity index (χ1) is 17.2. The van der Waals surface area contributed by atoms with E-state index >= 15 is 0 Å². The van der Waals surface area contributed by atoms with E-state index in [1.54, 1.807) is 24.4 Å². The number of anilines is 2. The summed E-state index contributed by atoms with van der Waals surface area (Å²) >= 11 is 6.46. The minimum absolute atomic E-state index is 0.229. The van der Waals surface area contributed by atoms with Crippen LogP contribution < -0.4 is 15.5 Å². The van der Waals surface area contributed by atoms with E-state index in [0.29, 0.717) is 45.6 Å². The predicted molar refractivity (Wildman–Crippen MR) is 143 cm³/mol. The molecule has 0 saturated heterocycles. The Labute approximate surface area is 215 Å². The zero-order valence-electron chi connectivity index (χ0n) is 20.6. The van der Waals surface area contributed by atoms with Crippen LogP contribution in [0.2, 0.25) is 5.02 Å². The minimum atomic E-state index is -0.287. The Kier molecular flexibility index (Phi) is 7.41. The van der Waals surface area contributed by atoms with Crippen molar-refractivity contribution in [1.82, 2.24) is 10.3 Å². The van der Waals surface area contributed by atoms with Gasteiger partial charge in [-0.25, -0.2) is 4.98 Å². The summed E-state index contributed by atoms with van der Waals surface area (Å²) in [7, 11) is 3.96. The Morgan fingerprint density at radius 3 is 2.42 bits per heavy atom. The van der Waals surface area contributed by atoms with E-state index in [4.69, 9.17) is 16.0 Å². The van der Waals surface area contributed by atoms with Crippen LogP contribution >= 0.6 is 11.6 Å².